The average Bonchev–Trinajstić information content (AvgIpc) is 3.60. The van der Waals surface area contributed by atoms with Crippen molar-refractivity contribution in [1.82, 2.24) is 14.9 Å². The van der Waals surface area contributed by atoms with Crippen LogP contribution in [0.25, 0.3) is 0 Å². The molecule has 2 fully saturated rings. The minimum Gasteiger partial charge on any atom is -0.353 e. The van der Waals surface area contributed by atoms with Crippen LogP contribution in [0.3, 0.4) is 0 Å². The smallest absolute Gasteiger partial charge is 0.225 e. The third-order valence-electron chi connectivity index (χ3n) is 5.97. The third-order valence-corrected chi connectivity index (χ3v) is 5.97. The van der Waals surface area contributed by atoms with Gasteiger partial charge >= 0.3 is 0 Å². The Morgan fingerprint density at radius 2 is 1.97 bits per heavy atom. The number of hydrogen-bond donors (Lipinski definition) is 0. The zero-order valence-electron chi connectivity index (χ0n) is 17.9. The van der Waals surface area contributed by atoms with Crippen molar-refractivity contribution < 1.29 is 4.79 Å². The number of amides is 1. The molecular weight excluding hydrogens is 374 g/mol. The molecule has 1 aliphatic heterocycles. The molecule has 4 rings (SSSR count). The summed E-state index contributed by atoms with van der Waals surface area (Å²) in [6.07, 6.45) is 3.88. The predicted molar refractivity (Wildman–Crippen MR) is 116 cm³/mol. The van der Waals surface area contributed by atoms with Crippen LogP contribution in [0.5, 0.6) is 0 Å². The Balaban J connectivity index is 1.63. The summed E-state index contributed by atoms with van der Waals surface area (Å²) in [5, 5.41) is 9.19. The minimum atomic E-state index is 0.213. The number of aromatic nitrogens is 2. The van der Waals surface area contributed by atoms with Crippen LogP contribution >= 0.6 is 0 Å². The number of piperazine rings is 1. The molecule has 0 N–H and O–H groups in total. The monoisotopic (exact) mass is 403 g/mol. The molecule has 1 amide bonds. The summed E-state index contributed by atoms with van der Waals surface area (Å²) < 4.78 is 0. The summed E-state index contributed by atoms with van der Waals surface area (Å²) in [5.74, 6) is 2.11. The lowest BCUT2D eigenvalue weighted by molar-refractivity contribution is -0.132. The van der Waals surface area contributed by atoms with Gasteiger partial charge in [0.1, 0.15) is 11.6 Å². The lowest BCUT2D eigenvalue weighted by atomic mass is 10.00. The van der Waals surface area contributed by atoms with E-state index < -0.39 is 0 Å². The molecule has 0 atom stereocenters. The van der Waals surface area contributed by atoms with Crippen LogP contribution in [0.15, 0.2) is 24.3 Å². The number of nitrogens with zero attached hydrogens (tertiary/aromatic N) is 5. The summed E-state index contributed by atoms with van der Waals surface area (Å²) in [5.41, 5.74) is 4.64. The maximum atomic E-state index is 12.4. The second-order valence-corrected chi connectivity index (χ2v) is 8.33. The van der Waals surface area contributed by atoms with Gasteiger partial charge in [0.15, 0.2) is 0 Å². The lowest BCUT2D eigenvalue weighted by Crippen LogP contribution is -2.49. The first-order valence-electron chi connectivity index (χ1n) is 10.9. The van der Waals surface area contributed by atoms with Gasteiger partial charge in [0.25, 0.3) is 0 Å². The number of carbonyl (C=O) groups is 1. The SMILES string of the molecule is CCc1nc(CC#N)nc(N2CCN(C(=O)C3CC3)CC2)c1Cc1cccc(C)c1. The molecule has 1 saturated carbocycles. The van der Waals surface area contributed by atoms with Gasteiger partial charge in [-0.25, -0.2) is 9.97 Å². The molecular formula is C24H29N5O. The highest BCUT2D eigenvalue weighted by Crippen LogP contribution is 2.32. The van der Waals surface area contributed by atoms with E-state index in [9.17, 15) is 10.1 Å². The van der Waals surface area contributed by atoms with E-state index in [1.54, 1.807) is 0 Å². The van der Waals surface area contributed by atoms with Crippen molar-refractivity contribution in [3.63, 3.8) is 0 Å². The number of hydrogen-bond acceptors (Lipinski definition) is 5. The fourth-order valence-electron chi connectivity index (χ4n) is 4.21. The topological polar surface area (TPSA) is 73.1 Å². The molecule has 2 aromatic rings. The second kappa shape index (κ2) is 8.83. The average molecular weight is 404 g/mol. The van der Waals surface area contributed by atoms with Crippen molar-refractivity contribution in [3.8, 4) is 6.07 Å². The first-order chi connectivity index (χ1) is 14.6. The Morgan fingerprint density at radius 1 is 1.20 bits per heavy atom. The molecule has 30 heavy (non-hydrogen) atoms. The van der Waals surface area contributed by atoms with Gasteiger partial charge in [-0.1, -0.05) is 36.8 Å². The van der Waals surface area contributed by atoms with Crippen LogP contribution in [-0.2, 0) is 24.1 Å². The summed E-state index contributed by atoms with van der Waals surface area (Å²) >= 11 is 0. The van der Waals surface area contributed by atoms with Gasteiger partial charge in [-0.2, -0.15) is 5.26 Å². The summed E-state index contributed by atoms with van der Waals surface area (Å²) in [6, 6.07) is 10.7. The van der Waals surface area contributed by atoms with Gasteiger partial charge in [0, 0.05) is 49.8 Å². The third kappa shape index (κ3) is 4.46. The molecule has 0 spiro atoms. The minimum absolute atomic E-state index is 0.213. The van der Waals surface area contributed by atoms with Crippen molar-refractivity contribution in [3.05, 3.63) is 52.5 Å². The Bertz CT molecular complexity index is 968. The van der Waals surface area contributed by atoms with E-state index >= 15 is 0 Å². The van der Waals surface area contributed by atoms with Crippen LogP contribution in [0.2, 0.25) is 0 Å². The van der Waals surface area contributed by atoms with Crippen molar-refractivity contribution in [1.29, 1.82) is 5.26 Å². The van der Waals surface area contributed by atoms with E-state index in [4.69, 9.17) is 9.97 Å². The number of anilines is 1. The molecule has 6 nitrogen and oxygen atoms in total. The normalized spacial score (nSPS) is 16.4. The molecule has 6 heteroatoms. The number of benzene rings is 1. The molecule has 2 aliphatic rings. The Morgan fingerprint density at radius 3 is 2.60 bits per heavy atom. The number of aryl methyl sites for hydroxylation is 2. The van der Waals surface area contributed by atoms with Crippen molar-refractivity contribution in [2.45, 2.75) is 46.0 Å². The van der Waals surface area contributed by atoms with Gasteiger partial charge in [-0.15, -0.1) is 0 Å². The van der Waals surface area contributed by atoms with Crippen molar-refractivity contribution >= 4 is 11.7 Å². The maximum Gasteiger partial charge on any atom is 0.225 e. The van der Waals surface area contributed by atoms with Crippen LogP contribution < -0.4 is 4.90 Å². The standard InChI is InChI=1S/C24H29N5O/c1-3-21-20(16-18-6-4-5-17(2)15-18)23(27-22(26-21)9-10-25)28-11-13-29(14-12-28)24(30)19-7-8-19/h4-6,15,19H,3,7-9,11-14,16H2,1-2H3. The van der Waals surface area contributed by atoms with Gasteiger partial charge in [-0.3, -0.25) is 4.79 Å². The van der Waals surface area contributed by atoms with E-state index in [0.29, 0.717) is 11.7 Å². The zero-order valence-corrected chi connectivity index (χ0v) is 17.9. The van der Waals surface area contributed by atoms with Gasteiger partial charge < -0.3 is 9.80 Å². The molecule has 1 aliphatic carbocycles. The quantitative estimate of drug-likeness (QED) is 0.741. The fourth-order valence-corrected chi connectivity index (χ4v) is 4.21. The molecule has 1 saturated heterocycles. The fraction of sp³-hybridized carbons (Fsp3) is 0.500. The first-order valence-corrected chi connectivity index (χ1v) is 10.9. The Kier molecular flexibility index (Phi) is 5.98. The molecule has 0 unspecified atom stereocenters. The van der Waals surface area contributed by atoms with Crippen LogP contribution in [0.4, 0.5) is 5.82 Å². The van der Waals surface area contributed by atoms with Crippen molar-refractivity contribution in [2.24, 2.45) is 5.92 Å². The van der Waals surface area contributed by atoms with Gasteiger partial charge in [0.05, 0.1) is 12.5 Å². The summed E-state index contributed by atoms with van der Waals surface area (Å²) in [4.78, 5) is 26.2. The Labute approximate surface area is 178 Å². The Hall–Kier alpha value is -2.94. The number of rotatable bonds is 6. The number of carbonyl (C=O) groups excluding carboxylic acids is 1. The van der Waals surface area contributed by atoms with Crippen LogP contribution in [-0.4, -0.2) is 47.0 Å². The van der Waals surface area contributed by atoms with E-state index in [-0.39, 0.29) is 12.3 Å². The zero-order chi connectivity index (χ0) is 21.1. The van der Waals surface area contributed by atoms with E-state index in [1.165, 1.54) is 11.1 Å². The highest BCUT2D eigenvalue weighted by atomic mass is 16.2. The molecule has 1 aromatic heterocycles. The molecule has 2 heterocycles. The highest BCUT2D eigenvalue weighted by molar-refractivity contribution is 5.81. The largest absolute Gasteiger partial charge is 0.353 e. The van der Waals surface area contributed by atoms with Crippen LogP contribution in [0, 0.1) is 24.2 Å². The highest BCUT2D eigenvalue weighted by Gasteiger charge is 2.35. The number of nitriles is 1. The molecule has 1 aromatic carbocycles. The van der Waals surface area contributed by atoms with Crippen molar-refractivity contribution in [2.75, 3.05) is 31.1 Å². The predicted octanol–water partition coefficient (Wildman–Crippen LogP) is 3.06. The first kappa shape index (κ1) is 20.3. The molecule has 0 bridgehead atoms. The van der Waals surface area contributed by atoms with Gasteiger partial charge in [0.2, 0.25) is 5.91 Å². The maximum absolute atomic E-state index is 12.4. The molecule has 156 valence electrons. The summed E-state index contributed by atoms with van der Waals surface area (Å²) in [7, 11) is 0. The van der Waals surface area contributed by atoms with Crippen LogP contribution in [0.1, 0.15) is 48.0 Å². The van der Waals surface area contributed by atoms with E-state index in [2.05, 4.69) is 49.1 Å². The van der Waals surface area contributed by atoms with E-state index in [0.717, 1.165) is 68.9 Å². The molecule has 0 radical (unpaired) electrons. The lowest BCUT2D eigenvalue weighted by Gasteiger charge is -2.36. The second-order valence-electron chi connectivity index (χ2n) is 8.33. The summed E-state index contributed by atoms with van der Waals surface area (Å²) in [6.45, 7) is 7.22. The van der Waals surface area contributed by atoms with E-state index in [1.807, 2.05) is 4.90 Å². The van der Waals surface area contributed by atoms with Gasteiger partial charge in [-0.05, 0) is 31.7 Å².